The Kier molecular flexibility index (Phi) is 4.40. The molecule has 1 heterocycles. The number of nitrogens with one attached hydrogen (secondary N) is 1. The molecule has 98 valence electrons. The highest BCUT2D eigenvalue weighted by Gasteiger charge is 2.38. The standard InChI is InChI=1S/C13H25N3O/c1-2-11(13(17)15-14)16-9-5-8-12(16)10-6-3-4-7-10/h10-12H,2-9,14H2,1H3,(H,15,17). The SMILES string of the molecule is CCC(C(=O)NN)N1CCCC1C1CCCC1. The van der Waals surface area contributed by atoms with Gasteiger partial charge in [-0.1, -0.05) is 19.8 Å². The lowest BCUT2D eigenvalue weighted by Gasteiger charge is -2.34. The molecule has 1 amide bonds. The van der Waals surface area contributed by atoms with Crippen molar-refractivity contribution >= 4 is 5.91 Å². The highest BCUT2D eigenvalue weighted by molar-refractivity contribution is 5.81. The zero-order valence-electron chi connectivity index (χ0n) is 10.8. The molecule has 1 saturated heterocycles. The van der Waals surface area contributed by atoms with Gasteiger partial charge in [0.1, 0.15) is 0 Å². The molecule has 3 N–H and O–H groups in total. The zero-order valence-corrected chi connectivity index (χ0v) is 10.8. The zero-order chi connectivity index (χ0) is 12.3. The molecule has 1 saturated carbocycles. The summed E-state index contributed by atoms with van der Waals surface area (Å²) in [5.41, 5.74) is 2.32. The van der Waals surface area contributed by atoms with Crippen LogP contribution in [0, 0.1) is 5.92 Å². The molecule has 0 aromatic rings. The van der Waals surface area contributed by atoms with Gasteiger partial charge >= 0.3 is 0 Å². The molecule has 4 heteroatoms. The number of hydrogen-bond acceptors (Lipinski definition) is 3. The van der Waals surface area contributed by atoms with Gasteiger partial charge < -0.3 is 0 Å². The summed E-state index contributed by atoms with van der Waals surface area (Å²) in [5, 5.41) is 0. The van der Waals surface area contributed by atoms with E-state index < -0.39 is 0 Å². The maximum Gasteiger partial charge on any atom is 0.251 e. The molecule has 2 aliphatic rings. The third-order valence-corrected chi connectivity index (χ3v) is 4.52. The van der Waals surface area contributed by atoms with Crippen molar-refractivity contribution in [2.45, 2.75) is 64.0 Å². The number of likely N-dealkylation sites (tertiary alicyclic amines) is 1. The Labute approximate surface area is 104 Å². The first-order chi connectivity index (χ1) is 8.27. The smallest absolute Gasteiger partial charge is 0.251 e. The fourth-order valence-corrected chi connectivity index (χ4v) is 3.72. The van der Waals surface area contributed by atoms with Crippen LogP contribution in [-0.2, 0) is 4.79 Å². The average Bonchev–Trinajstić information content (AvgIpc) is 2.99. The Hall–Kier alpha value is -0.610. The van der Waals surface area contributed by atoms with Crippen LogP contribution in [0.4, 0.5) is 0 Å². The minimum Gasteiger partial charge on any atom is -0.293 e. The summed E-state index contributed by atoms with van der Waals surface area (Å²) in [6, 6.07) is 0.604. The van der Waals surface area contributed by atoms with E-state index in [1.54, 1.807) is 0 Å². The molecular formula is C13H25N3O. The topological polar surface area (TPSA) is 58.4 Å². The van der Waals surface area contributed by atoms with Gasteiger partial charge in [0.15, 0.2) is 0 Å². The molecule has 0 spiro atoms. The van der Waals surface area contributed by atoms with Crippen molar-refractivity contribution in [2.24, 2.45) is 11.8 Å². The molecule has 1 aliphatic carbocycles. The van der Waals surface area contributed by atoms with Gasteiger partial charge in [0.25, 0.3) is 5.91 Å². The van der Waals surface area contributed by atoms with E-state index in [1.807, 2.05) is 0 Å². The fourth-order valence-electron chi connectivity index (χ4n) is 3.72. The summed E-state index contributed by atoms with van der Waals surface area (Å²) in [4.78, 5) is 14.2. The van der Waals surface area contributed by atoms with Gasteiger partial charge in [0.05, 0.1) is 6.04 Å². The molecule has 4 nitrogen and oxygen atoms in total. The van der Waals surface area contributed by atoms with Crippen LogP contribution in [0.2, 0.25) is 0 Å². The van der Waals surface area contributed by atoms with E-state index in [-0.39, 0.29) is 11.9 Å². The number of rotatable bonds is 4. The van der Waals surface area contributed by atoms with Crippen LogP contribution in [0.3, 0.4) is 0 Å². The highest BCUT2D eigenvalue weighted by atomic mass is 16.2. The van der Waals surface area contributed by atoms with Gasteiger partial charge in [-0.05, 0) is 44.6 Å². The van der Waals surface area contributed by atoms with Gasteiger partial charge in [-0.3, -0.25) is 15.1 Å². The monoisotopic (exact) mass is 239 g/mol. The van der Waals surface area contributed by atoms with Crippen molar-refractivity contribution in [1.82, 2.24) is 10.3 Å². The van der Waals surface area contributed by atoms with E-state index in [2.05, 4.69) is 17.2 Å². The number of carbonyl (C=O) groups is 1. The lowest BCUT2D eigenvalue weighted by molar-refractivity contribution is -0.127. The average molecular weight is 239 g/mol. The van der Waals surface area contributed by atoms with Crippen LogP contribution >= 0.6 is 0 Å². The van der Waals surface area contributed by atoms with E-state index in [4.69, 9.17) is 5.84 Å². The summed E-state index contributed by atoms with van der Waals surface area (Å²) >= 11 is 0. The lowest BCUT2D eigenvalue weighted by atomic mass is 9.94. The molecule has 0 aromatic carbocycles. The fraction of sp³-hybridized carbons (Fsp3) is 0.923. The lowest BCUT2D eigenvalue weighted by Crippen LogP contribution is -2.51. The predicted molar refractivity (Wildman–Crippen MR) is 68.1 cm³/mol. The minimum atomic E-state index is -0.0203. The third-order valence-electron chi connectivity index (χ3n) is 4.52. The number of hydrazine groups is 1. The summed E-state index contributed by atoms with van der Waals surface area (Å²) in [6.45, 7) is 3.14. The first kappa shape index (κ1) is 12.8. The second kappa shape index (κ2) is 5.83. The van der Waals surface area contributed by atoms with Crippen LogP contribution < -0.4 is 11.3 Å². The molecule has 2 atom stereocenters. The first-order valence-electron chi connectivity index (χ1n) is 7.04. The Morgan fingerprint density at radius 2 is 2.06 bits per heavy atom. The second-order valence-electron chi connectivity index (χ2n) is 5.42. The molecule has 0 aromatic heterocycles. The van der Waals surface area contributed by atoms with E-state index in [0.717, 1.165) is 18.9 Å². The number of carbonyl (C=O) groups excluding carboxylic acids is 1. The van der Waals surface area contributed by atoms with Crippen LogP contribution in [0.1, 0.15) is 51.9 Å². The van der Waals surface area contributed by atoms with Gasteiger partial charge in [0, 0.05) is 6.04 Å². The molecule has 2 fully saturated rings. The van der Waals surface area contributed by atoms with Crippen LogP contribution in [-0.4, -0.2) is 29.4 Å². The summed E-state index contributed by atoms with van der Waals surface area (Å²) in [6.07, 6.45) is 8.79. The van der Waals surface area contributed by atoms with Gasteiger partial charge in [0.2, 0.25) is 0 Å². The largest absolute Gasteiger partial charge is 0.293 e. The van der Waals surface area contributed by atoms with Crippen molar-refractivity contribution in [3.05, 3.63) is 0 Å². The minimum absolute atomic E-state index is 0.0163. The van der Waals surface area contributed by atoms with Crippen molar-refractivity contribution in [3.8, 4) is 0 Å². The number of hydrogen-bond donors (Lipinski definition) is 2. The summed E-state index contributed by atoms with van der Waals surface area (Å²) < 4.78 is 0. The number of nitrogens with zero attached hydrogens (tertiary/aromatic N) is 1. The number of amides is 1. The van der Waals surface area contributed by atoms with Gasteiger partial charge in [-0.2, -0.15) is 0 Å². The van der Waals surface area contributed by atoms with Crippen molar-refractivity contribution < 1.29 is 4.79 Å². The highest BCUT2D eigenvalue weighted by Crippen LogP contribution is 2.36. The third kappa shape index (κ3) is 2.63. The Balaban J connectivity index is 2.04. The Morgan fingerprint density at radius 3 is 2.65 bits per heavy atom. The van der Waals surface area contributed by atoms with Crippen LogP contribution in [0.5, 0.6) is 0 Å². The van der Waals surface area contributed by atoms with Crippen molar-refractivity contribution in [1.29, 1.82) is 0 Å². The van der Waals surface area contributed by atoms with E-state index in [9.17, 15) is 4.79 Å². The van der Waals surface area contributed by atoms with Crippen LogP contribution in [0.25, 0.3) is 0 Å². The molecule has 1 aliphatic heterocycles. The predicted octanol–water partition coefficient (Wildman–Crippen LogP) is 1.41. The molecule has 2 unspecified atom stereocenters. The number of nitrogens with two attached hydrogens (primary N) is 1. The first-order valence-corrected chi connectivity index (χ1v) is 7.04. The molecular weight excluding hydrogens is 214 g/mol. The van der Waals surface area contributed by atoms with Crippen molar-refractivity contribution in [3.63, 3.8) is 0 Å². The Morgan fingerprint density at radius 1 is 1.35 bits per heavy atom. The van der Waals surface area contributed by atoms with Crippen molar-refractivity contribution in [2.75, 3.05) is 6.54 Å². The van der Waals surface area contributed by atoms with E-state index in [0.29, 0.717) is 6.04 Å². The van der Waals surface area contributed by atoms with E-state index >= 15 is 0 Å². The quantitative estimate of drug-likeness (QED) is 0.443. The summed E-state index contributed by atoms with van der Waals surface area (Å²) in [5.74, 6) is 6.09. The summed E-state index contributed by atoms with van der Waals surface area (Å²) in [7, 11) is 0. The van der Waals surface area contributed by atoms with Gasteiger partial charge in [-0.15, -0.1) is 0 Å². The molecule has 2 rings (SSSR count). The normalized spacial score (nSPS) is 28.5. The maximum absolute atomic E-state index is 11.8. The van der Waals surface area contributed by atoms with E-state index in [1.165, 1.54) is 38.5 Å². The van der Waals surface area contributed by atoms with Crippen LogP contribution in [0.15, 0.2) is 0 Å². The molecule has 0 bridgehead atoms. The molecule has 17 heavy (non-hydrogen) atoms. The van der Waals surface area contributed by atoms with Gasteiger partial charge in [-0.25, -0.2) is 5.84 Å². The molecule has 0 radical (unpaired) electrons. The second-order valence-corrected chi connectivity index (χ2v) is 5.42. The Bertz CT molecular complexity index is 263. The maximum atomic E-state index is 11.8.